The van der Waals surface area contributed by atoms with Crippen LogP contribution in [0.5, 0.6) is 0 Å². The Morgan fingerprint density at radius 2 is 2.05 bits per heavy atom. The monoisotopic (exact) mass is 267 g/mol. The molecule has 1 aliphatic carbocycles. The molecule has 1 saturated carbocycles. The maximum absolute atomic E-state index is 12.2. The third-order valence-corrected chi connectivity index (χ3v) is 3.70. The Labute approximate surface area is 111 Å². The molecule has 7 nitrogen and oxygen atoms in total. The summed E-state index contributed by atoms with van der Waals surface area (Å²) in [6.07, 6.45) is 4.12. The Morgan fingerprint density at radius 3 is 2.58 bits per heavy atom. The van der Waals surface area contributed by atoms with Crippen molar-refractivity contribution in [1.29, 1.82) is 0 Å². The van der Waals surface area contributed by atoms with Gasteiger partial charge in [0.15, 0.2) is 0 Å². The van der Waals surface area contributed by atoms with Gasteiger partial charge in [-0.25, -0.2) is 9.48 Å². The van der Waals surface area contributed by atoms with Crippen LogP contribution in [-0.2, 0) is 14.1 Å². The smallest absolute Gasteiger partial charge is 0.346 e. The van der Waals surface area contributed by atoms with Gasteiger partial charge in [0, 0.05) is 26.7 Å². The number of hydrogen-bond donors (Lipinski definition) is 1. The summed E-state index contributed by atoms with van der Waals surface area (Å²) in [5, 5.41) is 4.15. The van der Waals surface area contributed by atoms with E-state index < -0.39 is 5.69 Å². The predicted molar refractivity (Wildman–Crippen MR) is 73.4 cm³/mol. The number of nitrogens with zero attached hydrogens (tertiary/aromatic N) is 4. The molecule has 0 spiro atoms. The lowest BCUT2D eigenvalue weighted by Gasteiger charge is -2.38. The van der Waals surface area contributed by atoms with E-state index in [1.165, 1.54) is 18.2 Å². The van der Waals surface area contributed by atoms with Crippen LogP contribution in [0.1, 0.15) is 25.7 Å². The second-order valence-electron chi connectivity index (χ2n) is 5.01. The van der Waals surface area contributed by atoms with Crippen molar-refractivity contribution in [3.63, 3.8) is 0 Å². The normalized spacial score (nSPS) is 15.3. The zero-order chi connectivity index (χ0) is 14.0. The van der Waals surface area contributed by atoms with E-state index in [0.717, 1.165) is 23.8 Å². The fourth-order valence-electron chi connectivity index (χ4n) is 2.28. The third kappa shape index (κ3) is 2.56. The fraction of sp³-hybridized carbons (Fsp3) is 0.750. The van der Waals surface area contributed by atoms with Gasteiger partial charge >= 0.3 is 5.69 Å². The van der Waals surface area contributed by atoms with Gasteiger partial charge in [0.2, 0.25) is 5.82 Å². The van der Waals surface area contributed by atoms with Crippen LogP contribution in [0.2, 0.25) is 0 Å². The van der Waals surface area contributed by atoms with Crippen LogP contribution in [0, 0.1) is 0 Å². The van der Waals surface area contributed by atoms with Crippen molar-refractivity contribution in [3.05, 3.63) is 20.8 Å². The molecule has 106 valence electrons. The highest BCUT2D eigenvalue weighted by atomic mass is 16.2. The number of aryl methyl sites for hydroxylation is 1. The first-order valence-electron chi connectivity index (χ1n) is 6.67. The molecule has 1 aliphatic rings. The highest BCUT2D eigenvalue weighted by Crippen LogP contribution is 2.26. The van der Waals surface area contributed by atoms with Gasteiger partial charge in [0.25, 0.3) is 5.56 Å². The first kappa shape index (κ1) is 13.8. The lowest BCUT2D eigenvalue weighted by molar-refractivity contribution is 0.378. The van der Waals surface area contributed by atoms with Crippen LogP contribution >= 0.6 is 0 Å². The lowest BCUT2D eigenvalue weighted by atomic mass is 9.91. The maximum Gasteiger partial charge on any atom is 0.346 e. The SMILES string of the molecule is Cn1nc(N(CCCN)C2CCC2)c(=O)n(C)c1=O. The van der Waals surface area contributed by atoms with Gasteiger partial charge in [-0.1, -0.05) is 0 Å². The molecule has 0 aromatic carbocycles. The molecule has 1 heterocycles. The number of rotatable bonds is 5. The molecule has 2 rings (SSSR count). The number of anilines is 1. The second kappa shape index (κ2) is 5.56. The van der Waals surface area contributed by atoms with E-state index in [9.17, 15) is 9.59 Å². The van der Waals surface area contributed by atoms with Crippen LogP contribution < -0.4 is 21.9 Å². The Hall–Kier alpha value is -1.63. The van der Waals surface area contributed by atoms with Crippen molar-refractivity contribution in [2.24, 2.45) is 19.8 Å². The highest BCUT2D eigenvalue weighted by Gasteiger charge is 2.28. The van der Waals surface area contributed by atoms with E-state index in [4.69, 9.17) is 5.73 Å². The largest absolute Gasteiger partial charge is 0.348 e. The Morgan fingerprint density at radius 1 is 1.37 bits per heavy atom. The van der Waals surface area contributed by atoms with Gasteiger partial charge < -0.3 is 10.6 Å². The summed E-state index contributed by atoms with van der Waals surface area (Å²) in [5.41, 5.74) is 4.82. The van der Waals surface area contributed by atoms with Crippen molar-refractivity contribution in [2.45, 2.75) is 31.7 Å². The summed E-state index contributed by atoms with van der Waals surface area (Å²) in [6, 6.07) is 0.351. The van der Waals surface area contributed by atoms with Crippen LogP contribution in [0.4, 0.5) is 5.82 Å². The summed E-state index contributed by atoms with van der Waals surface area (Å²) >= 11 is 0. The minimum atomic E-state index is -0.402. The van der Waals surface area contributed by atoms with Gasteiger partial charge in [0.05, 0.1) is 0 Å². The van der Waals surface area contributed by atoms with E-state index in [0.29, 0.717) is 24.9 Å². The molecule has 0 atom stereocenters. The van der Waals surface area contributed by atoms with Gasteiger partial charge in [-0.2, -0.15) is 0 Å². The topological polar surface area (TPSA) is 86.2 Å². The van der Waals surface area contributed by atoms with E-state index in [-0.39, 0.29) is 5.56 Å². The van der Waals surface area contributed by atoms with Crippen molar-refractivity contribution in [1.82, 2.24) is 14.3 Å². The molecule has 19 heavy (non-hydrogen) atoms. The molecular formula is C12H21N5O2. The number of aromatic nitrogens is 3. The average Bonchev–Trinajstić information content (AvgIpc) is 2.34. The van der Waals surface area contributed by atoms with Crippen LogP contribution in [0.3, 0.4) is 0 Å². The summed E-state index contributed by atoms with van der Waals surface area (Å²) in [7, 11) is 3.05. The summed E-state index contributed by atoms with van der Waals surface area (Å²) in [4.78, 5) is 25.9. The molecular weight excluding hydrogens is 246 g/mol. The summed E-state index contributed by atoms with van der Waals surface area (Å²) < 4.78 is 2.32. The van der Waals surface area contributed by atoms with Crippen LogP contribution in [-0.4, -0.2) is 33.5 Å². The van der Waals surface area contributed by atoms with Crippen molar-refractivity contribution >= 4 is 5.82 Å². The molecule has 1 aromatic heterocycles. The maximum atomic E-state index is 12.2. The van der Waals surface area contributed by atoms with Crippen molar-refractivity contribution < 1.29 is 0 Å². The molecule has 7 heteroatoms. The van der Waals surface area contributed by atoms with E-state index in [2.05, 4.69) is 5.10 Å². The first-order valence-corrected chi connectivity index (χ1v) is 6.67. The van der Waals surface area contributed by atoms with Crippen LogP contribution in [0.25, 0.3) is 0 Å². The minimum absolute atomic E-state index is 0.327. The molecule has 0 radical (unpaired) electrons. The second-order valence-corrected chi connectivity index (χ2v) is 5.01. The summed E-state index contributed by atoms with van der Waals surface area (Å²) in [6.45, 7) is 1.29. The fourth-order valence-corrected chi connectivity index (χ4v) is 2.28. The molecule has 0 aliphatic heterocycles. The molecule has 0 amide bonds. The van der Waals surface area contributed by atoms with Gasteiger partial charge in [-0.3, -0.25) is 9.36 Å². The molecule has 1 fully saturated rings. The average molecular weight is 267 g/mol. The molecule has 1 aromatic rings. The standard InChI is InChI=1S/C12H21N5O2/c1-15-11(18)10(14-16(2)12(15)19)17(8-4-7-13)9-5-3-6-9/h9H,3-8,13H2,1-2H3. The Balaban J connectivity index is 2.41. The number of nitrogens with two attached hydrogens (primary N) is 1. The molecule has 2 N–H and O–H groups in total. The predicted octanol–water partition coefficient (Wildman–Crippen LogP) is -0.813. The Bertz CT molecular complexity index is 558. The van der Waals surface area contributed by atoms with Crippen LogP contribution in [0.15, 0.2) is 9.59 Å². The van der Waals surface area contributed by atoms with Crippen molar-refractivity contribution in [2.75, 3.05) is 18.0 Å². The minimum Gasteiger partial charge on any atom is -0.348 e. The number of hydrogen-bond acceptors (Lipinski definition) is 5. The lowest BCUT2D eigenvalue weighted by Crippen LogP contribution is -2.48. The van der Waals surface area contributed by atoms with E-state index >= 15 is 0 Å². The first-order chi connectivity index (χ1) is 9.06. The van der Waals surface area contributed by atoms with Gasteiger partial charge in [-0.05, 0) is 32.2 Å². The van der Waals surface area contributed by atoms with Gasteiger partial charge in [-0.15, -0.1) is 5.10 Å². The zero-order valence-corrected chi connectivity index (χ0v) is 11.5. The zero-order valence-electron chi connectivity index (χ0n) is 11.5. The molecule has 0 saturated heterocycles. The quantitative estimate of drug-likeness (QED) is 0.754. The molecule has 0 unspecified atom stereocenters. The summed E-state index contributed by atoms with van der Waals surface area (Å²) in [5.74, 6) is 0.364. The van der Waals surface area contributed by atoms with E-state index in [1.54, 1.807) is 7.05 Å². The van der Waals surface area contributed by atoms with E-state index in [1.807, 2.05) is 4.90 Å². The Kier molecular flexibility index (Phi) is 4.04. The highest BCUT2D eigenvalue weighted by molar-refractivity contribution is 5.37. The van der Waals surface area contributed by atoms with Crippen molar-refractivity contribution in [3.8, 4) is 0 Å². The van der Waals surface area contributed by atoms with Gasteiger partial charge in [0.1, 0.15) is 0 Å². The third-order valence-electron chi connectivity index (χ3n) is 3.70. The molecule has 0 bridgehead atoms.